The van der Waals surface area contributed by atoms with Crippen LogP contribution in [0.2, 0.25) is 0 Å². The van der Waals surface area contributed by atoms with Crippen LogP contribution in [-0.2, 0) is 0 Å². The Labute approximate surface area is 151 Å². The van der Waals surface area contributed by atoms with Crippen LogP contribution in [-0.4, -0.2) is 0 Å². The molecule has 0 bridgehead atoms. The van der Waals surface area contributed by atoms with Crippen LogP contribution >= 0.6 is 0 Å². The molecule has 0 N–H and O–H groups in total. The predicted molar refractivity (Wildman–Crippen MR) is 104 cm³/mol. The number of hydrogen-bond donors (Lipinski definition) is 0. The first-order chi connectivity index (χ1) is 12.3. The zero-order chi connectivity index (χ0) is 16.6. The summed E-state index contributed by atoms with van der Waals surface area (Å²) >= 11 is 0. The Morgan fingerprint density at radius 2 is 1.92 bits per heavy atom. The van der Waals surface area contributed by atoms with Gasteiger partial charge >= 0.3 is 0 Å². The van der Waals surface area contributed by atoms with Crippen LogP contribution in [0.1, 0.15) is 32.6 Å². The van der Waals surface area contributed by atoms with Crippen molar-refractivity contribution in [2.75, 3.05) is 0 Å². The third-order valence-corrected chi connectivity index (χ3v) is 8.10. The van der Waals surface area contributed by atoms with Crippen molar-refractivity contribution in [1.82, 2.24) is 0 Å². The van der Waals surface area contributed by atoms with E-state index < -0.39 is 0 Å². The van der Waals surface area contributed by atoms with Gasteiger partial charge in [-0.05, 0) is 78.3 Å². The maximum atomic E-state index is 2.68. The van der Waals surface area contributed by atoms with Crippen molar-refractivity contribution in [1.29, 1.82) is 0 Å². The smallest absolute Gasteiger partial charge is 0.00842 e. The van der Waals surface area contributed by atoms with Gasteiger partial charge in [0.2, 0.25) is 0 Å². The standard InChI is InChI=1S/C25H28/c1-16-7-9-17(10-8-16)22-15-23-24(22)25(23,20-5-3-2-4-6-20)21-12-11-18-13-19(18)14-21/h2-5,7,9-12,14,16,18-20,22-24H,6,8,13,15H2,1H3. The normalized spacial score (nSPS) is 51.2. The van der Waals surface area contributed by atoms with E-state index in [1.807, 2.05) is 0 Å². The van der Waals surface area contributed by atoms with E-state index in [2.05, 4.69) is 67.7 Å². The lowest BCUT2D eigenvalue weighted by atomic mass is 9.74. The van der Waals surface area contributed by atoms with Gasteiger partial charge in [-0.1, -0.05) is 67.7 Å². The van der Waals surface area contributed by atoms with E-state index in [0.29, 0.717) is 5.41 Å². The first-order valence-corrected chi connectivity index (χ1v) is 10.4. The number of hydrogen-bond acceptors (Lipinski definition) is 0. The summed E-state index contributed by atoms with van der Waals surface area (Å²) in [5.41, 5.74) is 3.82. The third-order valence-electron chi connectivity index (χ3n) is 8.10. The van der Waals surface area contributed by atoms with E-state index in [0.717, 1.165) is 41.4 Å². The molecule has 0 nitrogen and oxygen atoms in total. The van der Waals surface area contributed by atoms with Gasteiger partial charge in [-0.3, -0.25) is 0 Å². The molecule has 8 unspecified atom stereocenters. The largest absolute Gasteiger partial charge is 0.0839 e. The van der Waals surface area contributed by atoms with Crippen LogP contribution < -0.4 is 0 Å². The van der Waals surface area contributed by atoms with Gasteiger partial charge in [-0.25, -0.2) is 0 Å². The summed E-state index contributed by atoms with van der Waals surface area (Å²) in [7, 11) is 0. The molecule has 0 aromatic rings. The average Bonchev–Trinajstić information content (AvgIpc) is 3.50. The van der Waals surface area contributed by atoms with Crippen molar-refractivity contribution in [3.8, 4) is 0 Å². The van der Waals surface area contributed by atoms with Crippen LogP contribution in [0.25, 0.3) is 0 Å². The quantitative estimate of drug-likeness (QED) is 0.594. The molecule has 6 aliphatic carbocycles. The van der Waals surface area contributed by atoms with E-state index in [-0.39, 0.29) is 0 Å². The van der Waals surface area contributed by atoms with Crippen LogP contribution in [0.3, 0.4) is 0 Å². The van der Waals surface area contributed by atoms with Gasteiger partial charge in [0.05, 0.1) is 0 Å². The van der Waals surface area contributed by atoms with Gasteiger partial charge < -0.3 is 0 Å². The zero-order valence-electron chi connectivity index (χ0n) is 15.1. The van der Waals surface area contributed by atoms with Crippen LogP contribution in [0.5, 0.6) is 0 Å². The second-order valence-electron chi connectivity index (χ2n) is 9.38. The molecule has 0 aliphatic heterocycles. The van der Waals surface area contributed by atoms with Crippen LogP contribution in [0.15, 0.2) is 71.9 Å². The Hall–Kier alpha value is -1.56. The van der Waals surface area contributed by atoms with E-state index >= 15 is 0 Å². The molecule has 0 spiro atoms. The van der Waals surface area contributed by atoms with Crippen molar-refractivity contribution in [2.45, 2.75) is 32.6 Å². The highest BCUT2D eigenvalue weighted by Gasteiger charge is 2.76. The van der Waals surface area contributed by atoms with Gasteiger partial charge in [0.25, 0.3) is 0 Å². The summed E-state index contributed by atoms with van der Waals surface area (Å²) in [6, 6.07) is 0. The van der Waals surface area contributed by atoms with Crippen molar-refractivity contribution >= 4 is 0 Å². The Balaban J connectivity index is 1.35. The summed E-state index contributed by atoms with van der Waals surface area (Å²) < 4.78 is 0. The molecule has 0 radical (unpaired) electrons. The fourth-order valence-electron chi connectivity index (χ4n) is 6.58. The monoisotopic (exact) mass is 328 g/mol. The maximum Gasteiger partial charge on any atom is 0.00842 e. The lowest BCUT2D eigenvalue weighted by molar-refractivity contribution is 0.337. The average molecular weight is 328 g/mol. The SMILES string of the molecule is CC1C=CC(C2CC3C2C3(C2=CC3CC3C=C2)C2C=CC=CC2)=CC1. The fraction of sp³-hybridized carbons (Fsp3) is 0.520. The van der Waals surface area contributed by atoms with Gasteiger partial charge in [0.15, 0.2) is 0 Å². The Morgan fingerprint density at radius 1 is 0.960 bits per heavy atom. The van der Waals surface area contributed by atoms with E-state index in [1.54, 1.807) is 11.1 Å². The second kappa shape index (κ2) is 5.00. The van der Waals surface area contributed by atoms with Crippen molar-refractivity contribution in [3.63, 3.8) is 0 Å². The second-order valence-corrected chi connectivity index (χ2v) is 9.38. The Kier molecular flexibility index (Phi) is 2.92. The van der Waals surface area contributed by atoms with E-state index in [1.165, 1.54) is 25.7 Å². The van der Waals surface area contributed by atoms with E-state index in [4.69, 9.17) is 0 Å². The number of allylic oxidation sites excluding steroid dienone is 12. The highest BCUT2D eigenvalue weighted by atomic mass is 14.8. The lowest BCUT2D eigenvalue weighted by Crippen LogP contribution is -2.22. The first-order valence-electron chi connectivity index (χ1n) is 10.4. The van der Waals surface area contributed by atoms with Gasteiger partial charge in [-0.15, -0.1) is 0 Å². The maximum absolute atomic E-state index is 2.68. The molecule has 0 aromatic carbocycles. The van der Waals surface area contributed by atoms with Crippen molar-refractivity contribution < 1.29 is 0 Å². The van der Waals surface area contributed by atoms with Crippen molar-refractivity contribution in [3.05, 3.63) is 71.9 Å². The fourth-order valence-corrected chi connectivity index (χ4v) is 6.58. The molecule has 128 valence electrons. The Bertz CT molecular complexity index is 785. The molecule has 6 aliphatic rings. The van der Waals surface area contributed by atoms with Crippen LogP contribution in [0, 0.1) is 46.8 Å². The molecule has 3 saturated carbocycles. The highest BCUT2D eigenvalue weighted by Crippen LogP contribution is 2.81. The van der Waals surface area contributed by atoms with Gasteiger partial charge in [-0.2, -0.15) is 0 Å². The van der Waals surface area contributed by atoms with Crippen molar-refractivity contribution in [2.24, 2.45) is 46.8 Å². The number of rotatable bonds is 3. The minimum atomic E-state index is 0.452. The lowest BCUT2D eigenvalue weighted by Gasteiger charge is -2.30. The third kappa shape index (κ3) is 1.94. The molecule has 0 amide bonds. The molecule has 0 heterocycles. The molecule has 0 saturated heterocycles. The summed E-state index contributed by atoms with van der Waals surface area (Å²) in [6.07, 6.45) is 29.9. The Morgan fingerprint density at radius 3 is 2.68 bits per heavy atom. The van der Waals surface area contributed by atoms with Gasteiger partial charge in [0, 0.05) is 5.41 Å². The molecular weight excluding hydrogens is 300 g/mol. The molecule has 8 atom stereocenters. The minimum Gasteiger partial charge on any atom is -0.0839 e. The summed E-state index contributed by atoms with van der Waals surface area (Å²) in [6.45, 7) is 2.33. The summed E-state index contributed by atoms with van der Waals surface area (Å²) in [5, 5.41) is 0. The molecule has 6 rings (SSSR count). The molecular formula is C25H28. The van der Waals surface area contributed by atoms with Gasteiger partial charge in [0.1, 0.15) is 0 Å². The topological polar surface area (TPSA) is 0 Å². The van der Waals surface area contributed by atoms with E-state index in [9.17, 15) is 0 Å². The summed E-state index contributed by atoms with van der Waals surface area (Å²) in [4.78, 5) is 0. The zero-order valence-corrected chi connectivity index (χ0v) is 15.1. The van der Waals surface area contributed by atoms with Crippen LogP contribution in [0.4, 0.5) is 0 Å². The first kappa shape index (κ1) is 14.6. The highest BCUT2D eigenvalue weighted by molar-refractivity contribution is 5.50. The summed E-state index contributed by atoms with van der Waals surface area (Å²) in [5.74, 6) is 5.83. The predicted octanol–water partition coefficient (Wildman–Crippen LogP) is 6.03. The molecule has 3 fully saturated rings. The molecule has 25 heavy (non-hydrogen) atoms. The minimum absolute atomic E-state index is 0.452. The molecule has 0 heteroatoms. The number of fused-ring (bicyclic) bond motifs is 2. The molecule has 0 aromatic heterocycles.